The number of rotatable bonds is 9. The fourth-order valence-electron chi connectivity index (χ4n) is 1.86. The van der Waals surface area contributed by atoms with Crippen molar-refractivity contribution in [1.29, 1.82) is 0 Å². The summed E-state index contributed by atoms with van der Waals surface area (Å²) in [5.74, 6) is 4.92. The van der Waals surface area contributed by atoms with Gasteiger partial charge >= 0.3 is 0 Å². The van der Waals surface area contributed by atoms with Crippen LogP contribution in [0.25, 0.3) is 0 Å². The van der Waals surface area contributed by atoms with E-state index in [-0.39, 0.29) is 5.91 Å². The van der Waals surface area contributed by atoms with Gasteiger partial charge in [0, 0.05) is 6.42 Å². The van der Waals surface area contributed by atoms with E-state index in [1.807, 2.05) is 0 Å². The van der Waals surface area contributed by atoms with Crippen LogP contribution < -0.4 is 11.3 Å². The molecule has 0 aliphatic carbocycles. The summed E-state index contributed by atoms with van der Waals surface area (Å²) in [4.78, 5) is 11.0. The van der Waals surface area contributed by atoms with Gasteiger partial charge in [-0.2, -0.15) is 0 Å². The number of allylic oxidation sites excluding steroid dienone is 6. The molecule has 0 unspecified atom stereocenters. The normalized spacial score (nSPS) is 12.2. The maximum absolute atomic E-state index is 11.0. The Morgan fingerprint density at radius 1 is 0.850 bits per heavy atom. The molecule has 114 valence electrons. The number of hydrogen-bond donors (Lipinski definition) is 2. The highest BCUT2D eigenvalue weighted by Gasteiger charge is 1.96. The maximum Gasteiger partial charge on any atom is 0.234 e. The molecule has 0 fully saturated rings. The van der Waals surface area contributed by atoms with Gasteiger partial charge in [-0.05, 0) is 59.8 Å². The lowest BCUT2D eigenvalue weighted by Gasteiger charge is -2.02. The summed E-state index contributed by atoms with van der Waals surface area (Å²) in [7, 11) is 0. The second-order valence-electron chi connectivity index (χ2n) is 5.57. The standard InChI is InChI=1S/C17H30N2O/c1-14(2)8-5-9-15(3)10-6-11-16(4)12-7-13-17(20)19-18/h8,10,12H,5-7,9,11,13,18H2,1-4H3,(H,19,20)/b15-10+,16-12+. The monoisotopic (exact) mass is 278 g/mol. The smallest absolute Gasteiger partial charge is 0.234 e. The molecule has 0 bridgehead atoms. The summed E-state index contributed by atoms with van der Waals surface area (Å²) in [5.41, 5.74) is 6.32. The van der Waals surface area contributed by atoms with Gasteiger partial charge in [0.2, 0.25) is 5.91 Å². The average Bonchev–Trinajstić information content (AvgIpc) is 2.38. The van der Waals surface area contributed by atoms with E-state index in [0.717, 1.165) is 32.1 Å². The van der Waals surface area contributed by atoms with Gasteiger partial charge in [0.05, 0.1) is 0 Å². The van der Waals surface area contributed by atoms with Gasteiger partial charge < -0.3 is 0 Å². The summed E-state index contributed by atoms with van der Waals surface area (Å²) in [6, 6.07) is 0. The fourth-order valence-corrected chi connectivity index (χ4v) is 1.86. The minimum absolute atomic E-state index is 0.107. The highest BCUT2D eigenvalue weighted by molar-refractivity contribution is 5.75. The van der Waals surface area contributed by atoms with Gasteiger partial charge in [-0.1, -0.05) is 34.9 Å². The zero-order valence-electron chi connectivity index (χ0n) is 13.5. The third-order valence-corrected chi connectivity index (χ3v) is 3.15. The van der Waals surface area contributed by atoms with Crippen LogP contribution in [0.2, 0.25) is 0 Å². The van der Waals surface area contributed by atoms with E-state index in [0.29, 0.717) is 6.42 Å². The Balaban J connectivity index is 3.88. The fraction of sp³-hybridized carbons (Fsp3) is 0.588. The molecule has 3 heteroatoms. The van der Waals surface area contributed by atoms with Crippen LogP contribution in [0.1, 0.15) is 66.2 Å². The lowest BCUT2D eigenvalue weighted by molar-refractivity contribution is -0.121. The first-order valence-corrected chi connectivity index (χ1v) is 7.39. The quantitative estimate of drug-likeness (QED) is 0.288. The minimum Gasteiger partial charge on any atom is -0.294 e. The summed E-state index contributed by atoms with van der Waals surface area (Å²) in [5, 5.41) is 0. The van der Waals surface area contributed by atoms with Gasteiger partial charge in [-0.15, -0.1) is 0 Å². The summed E-state index contributed by atoms with van der Waals surface area (Å²) in [6.45, 7) is 8.59. The Kier molecular flexibility index (Phi) is 10.7. The van der Waals surface area contributed by atoms with Gasteiger partial charge in [0.15, 0.2) is 0 Å². The molecule has 20 heavy (non-hydrogen) atoms. The van der Waals surface area contributed by atoms with Crippen molar-refractivity contribution in [2.45, 2.75) is 66.2 Å². The maximum atomic E-state index is 11.0. The minimum atomic E-state index is -0.107. The zero-order chi connectivity index (χ0) is 15.4. The van der Waals surface area contributed by atoms with Crippen LogP contribution in [-0.4, -0.2) is 5.91 Å². The molecule has 0 atom stereocenters. The van der Waals surface area contributed by atoms with E-state index in [2.05, 4.69) is 51.3 Å². The lowest BCUT2D eigenvalue weighted by atomic mass is 10.1. The zero-order valence-corrected chi connectivity index (χ0v) is 13.5. The molecule has 0 rings (SSSR count). The van der Waals surface area contributed by atoms with E-state index in [1.165, 1.54) is 16.7 Å². The number of carbonyl (C=O) groups excluding carboxylic acids is 1. The van der Waals surface area contributed by atoms with Crippen molar-refractivity contribution < 1.29 is 4.79 Å². The Labute approximate surface area is 124 Å². The highest BCUT2D eigenvalue weighted by atomic mass is 16.2. The van der Waals surface area contributed by atoms with Crippen LogP contribution in [0.4, 0.5) is 0 Å². The third kappa shape index (κ3) is 11.7. The van der Waals surface area contributed by atoms with Gasteiger partial charge in [0.25, 0.3) is 0 Å². The molecule has 3 nitrogen and oxygen atoms in total. The molecule has 3 N–H and O–H groups in total. The number of nitrogens with one attached hydrogen (secondary N) is 1. The largest absolute Gasteiger partial charge is 0.294 e. The van der Waals surface area contributed by atoms with Crippen molar-refractivity contribution in [2.75, 3.05) is 0 Å². The first-order valence-electron chi connectivity index (χ1n) is 7.39. The van der Waals surface area contributed by atoms with Crippen molar-refractivity contribution >= 4 is 5.91 Å². The first kappa shape index (κ1) is 18.7. The Morgan fingerprint density at radius 3 is 1.75 bits per heavy atom. The van der Waals surface area contributed by atoms with E-state index < -0.39 is 0 Å². The summed E-state index contributed by atoms with van der Waals surface area (Å²) in [6.07, 6.45) is 12.4. The Hall–Kier alpha value is -1.35. The molecule has 1 amide bonds. The molecular formula is C17H30N2O. The number of hydrogen-bond acceptors (Lipinski definition) is 2. The lowest BCUT2D eigenvalue weighted by Crippen LogP contribution is -2.29. The predicted molar refractivity (Wildman–Crippen MR) is 87.0 cm³/mol. The van der Waals surface area contributed by atoms with Crippen molar-refractivity contribution in [3.63, 3.8) is 0 Å². The van der Waals surface area contributed by atoms with Crippen molar-refractivity contribution in [2.24, 2.45) is 5.84 Å². The molecule has 0 aliphatic rings. The number of hydrazine groups is 1. The topological polar surface area (TPSA) is 55.1 Å². The van der Waals surface area contributed by atoms with E-state index >= 15 is 0 Å². The second kappa shape index (κ2) is 11.5. The second-order valence-corrected chi connectivity index (χ2v) is 5.57. The molecule has 0 aromatic heterocycles. The summed E-state index contributed by atoms with van der Waals surface area (Å²) < 4.78 is 0. The van der Waals surface area contributed by atoms with Gasteiger partial charge in [-0.25, -0.2) is 5.84 Å². The van der Waals surface area contributed by atoms with Crippen molar-refractivity contribution in [3.8, 4) is 0 Å². The van der Waals surface area contributed by atoms with Crippen LogP contribution in [0.5, 0.6) is 0 Å². The molecular weight excluding hydrogens is 248 g/mol. The van der Waals surface area contributed by atoms with Crippen LogP contribution >= 0.6 is 0 Å². The SMILES string of the molecule is CC(C)=CCC/C(C)=C/CC/C(C)=C/CCC(=O)NN. The number of amides is 1. The molecule has 0 spiro atoms. The van der Waals surface area contributed by atoms with Gasteiger partial charge in [0.1, 0.15) is 0 Å². The Bertz CT molecular complexity index is 374. The average molecular weight is 278 g/mol. The molecule has 0 saturated heterocycles. The summed E-state index contributed by atoms with van der Waals surface area (Å²) >= 11 is 0. The molecule has 0 aromatic carbocycles. The highest BCUT2D eigenvalue weighted by Crippen LogP contribution is 2.12. The molecule has 0 radical (unpaired) electrons. The third-order valence-electron chi connectivity index (χ3n) is 3.15. The first-order chi connectivity index (χ1) is 9.45. The van der Waals surface area contributed by atoms with Crippen LogP contribution in [0.15, 0.2) is 34.9 Å². The molecule has 0 aliphatic heterocycles. The van der Waals surface area contributed by atoms with Crippen molar-refractivity contribution in [1.82, 2.24) is 5.43 Å². The molecule has 0 saturated carbocycles. The van der Waals surface area contributed by atoms with E-state index in [9.17, 15) is 4.79 Å². The van der Waals surface area contributed by atoms with Crippen molar-refractivity contribution in [3.05, 3.63) is 34.9 Å². The molecule has 0 aromatic rings. The van der Waals surface area contributed by atoms with Crippen LogP contribution in [0.3, 0.4) is 0 Å². The molecule has 0 heterocycles. The predicted octanol–water partition coefficient (Wildman–Crippen LogP) is 4.18. The number of nitrogens with two attached hydrogens (primary N) is 1. The Morgan fingerprint density at radius 2 is 1.30 bits per heavy atom. The number of carbonyl (C=O) groups is 1. The van der Waals surface area contributed by atoms with E-state index in [4.69, 9.17) is 5.84 Å². The van der Waals surface area contributed by atoms with Crippen LogP contribution in [-0.2, 0) is 4.79 Å². The van der Waals surface area contributed by atoms with Crippen LogP contribution in [0, 0.1) is 0 Å². The van der Waals surface area contributed by atoms with E-state index in [1.54, 1.807) is 0 Å². The van der Waals surface area contributed by atoms with Gasteiger partial charge in [-0.3, -0.25) is 10.2 Å².